The van der Waals surface area contributed by atoms with Crippen LogP contribution in [0.3, 0.4) is 0 Å². The molecule has 122 valence electrons. The minimum Gasteiger partial charge on any atom is -0.339 e. The molecular weight excluding hydrogens is 343 g/mol. The third-order valence-corrected chi connectivity index (χ3v) is 3.24. The van der Waals surface area contributed by atoms with Gasteiger partial charge in [0.05, 0.1) is 11.2 Å². The number of rotatable bonds is 4. The Labute approximate surface area is 139 Å². The highest BCUT2D eigenvalue weighted by Crippen LogP contribution is 2.23. The van der Waals surface area contributed by atoms with Gasteiger partial charge in [-0.25, -0.2) is 13.2 Å². The number of nitrogens with zero attached hydrogens (tertiary/aromatic N) is 3. The first kappa shape index (κ1) is 16.0. The Balaban J connectivity index is 1.82. The lowest BCUT2D eigenvalue weighted by Gasteiger charge is -2.09. The molecule has 0 spiro atoms. The molecule has 0 aliphatic heterocycles. The molecule has 0 radical (unpaired) electrons. The highest BCUT2D eigenvalue weighted by molar-refractivity contribution is 6.31. The van der Waals surface area contributed by atoms with Gasteiger partial charge in [-0.05, 0) is 30.3 Å². The third-order valence-electron chi connectivity index (χ3n) is 2.95. The van der Waals surface area contributed by atoms with Crippen molar-refractivity contribution in [2.45, 2.75) is 0 Å². The van der Waals surface area contributed by atoms with E-state index in [0.717, 1.165) is 12.1 Å². The normalized spacial score (nSPS) is 10.5. The average Bonchev–Trinajstić information content (AvgIpc) is 2.55. The average molecular weight is 352 g/mol. The van der Waals surface area contributed by atoms with Crippen molar-refractivity contribution in [1.82, 2.24) is 15.2 Å². The molecule has 0 saturated carbocycles. The molecule has 3 rings (SSSR count). The summed E-state index contributed by atoms with van der Waals surface area (Å²) < 4.78 is 40.4. The quantitative estimate of drug-likeness (QED) is 0.728. The lowest BCUT2D eigenvalue weighted by molar-refractivity contribution is 0.590. The summed E-state index contributed by atoms with van der Waals surface area (Å²) in [6.45, 7) is 0. The molecule has 0 amide bonds. The van der Waals surface area contributed by atoms with Crippen molar-refractivity contribution in [3.8, 4) is 0 Å². The molecule has 1 heterocycles. The number of hydrogen-bond donors (Lipinski definition) is 2. The number of para-hydroxylation sites is 1. The first-order valence-corrected chi connectivity index (χ1v) is 7.03. The predicted molar refractivity (Wildman–Crippen MR) is 84.2 cm³/mol. The van der Waals surface area contributed by atoms with E-state index >= 15 is 0 Å². The molecule has 5 nitrogen and oxygen atoms in total. The Kier molecular flexibility index (Phi) is 4.48. The fourth-order valence-electron chi connectivity index (χ4n) is 1.87. The number of benzene rings is 2. The minimum absolute atomic E-state index is 0.0613. The van der Waals surface area contributed by atoms with Crippen molar-refractivity contribution in [1.29, 1.82) is 0 Å². The van der Waals surface area contributed by atoms with Crippen LogP contribution in [0.2, 0.25) is 5.02 Å². The summed E-state index contributed by atoms with van der Waals surface area (Å²) >= 11 is 5.69. The van der Waals surface area contributed by atoms with Gasteiger partial charge in [-0.3, -0.25) is 0 Å². The predicted octanol–water partition coefficient (Wildman–Crippen LogP) is 4.43. The first-order valence-electron chi connectivity index (χ1n) is 6.66. The molecule has 0 fully saturated rings. The summed E-state index contributed by atoms with van der Waals surface area (Å²) in [7, 11) is 0. The molecule has 3 aromatic rings. The van der Waals surface area contributed by atoms with Crippen LogP contribution in [0.1, 0.15) is 0 Å². The highest BCUT2D eigenvalue weighted by Gasteiger charge is 2.11. The van der Waals surface area contributed by atoms with Gasteiger partial charge in [-0.1, -0.05) is 17.7 Å². The van der Waals surface area contributed by atoms with Crippen molar-refractivity contribution in [3.63, 3.8) is 0 Å². The number of nitrogens with one attached hydrogen (secondary N) is 2. The lowest BCUT2D eigenvalue weighted by atomic mass is 10.3. The second kappa shape index (κ2) is 6.71. The topological polar surface area (TPSA) is 62.7 Å². The molecule has 0 atom stereocenters. The Bertz CT molecular complexity index is 870. The summed E-state index contributed by atoms with van der Waals surface area (Å²) in [4.78, 5) is 4.03. The Morgan fingerprint density at radius 2 is 1.67 bits per heavy atom. The van der Waals surface area contributed by atoms with Gasteiger partial charge >= 0.3 is 0 Å². The fraction of sp³-hybridized carbons (Fsp3) is 0. The van der Waals surface area contributed by atoms with Gasteiger partial charge in [-0.2, -0.15) is 10.1 Å². The van der Waals surface area contributed by atoms with Crippen molar-refractivity contribution in [2.24, 2.45) is 0 Å². The fourth-order valence-corrected chi connectivity index (χ4v) is 2.05. The molecule has 2 aromatic carbocycles. The van der Waals surface area contributed by atoms with E-state index in [9.17, 15) is 13.2 Å². The number of hydrogen-bond acceptors (Lipinski definition) is 5. The Morgan fingerprint density at radius 3 is 2.38 bits per heavy atom. The second-order valence-corrected chi connectivity index (χ2v) is 5.05. The van der Waals surface area contributed by atoms with Crippen LogP contribution in [0.5, 0.6) is 0 Å². The van der Waals surface area contributed by atoms with Gasteiger partial charge in [0.2, 0.25) is 5.95 Å². The van der Waals surface area contributed by atoms with Crippen LogP contribution in [0, 0.1) is 17.5 Å². The monoisotopic (exact) mass is 351 g/mol. The standard InChI is InChI=1S/C15H9ClF3N5/c16-9-6-8(4-5-10(9)17)21-13-7-20-24-15(22-13)23-14-11(18)2-1-3-12(14)19/h1-7H,(H2,21,22,23,24). The van der Waals surface area contributed by atoms with Gasteiger partial charge in [0.15, 0.2) is 5.82 Å². The Hall–Kier alpha value is -2.87. The largest absolute Gasteiger partial charge is 0.339 e. The van der Waals surface area contributed by atoms with Gasteiger partial charge in [0, 0.05) is 5.69 Å². The molecule has 1 aromatic heterocycles. The van der Waals surface area contributed by atoms with E-state index in [4.69, 9.17) is 11.6 Å². The molecule has 2 N–H and O–H groups in total. The van der Waals surface area contributed by atoms with Gasteiger partial charge in [0.25, 0.3) is 0 Å². The van der Waals surface area contributed by atoms with Crippen molar-refractivity contribution in [2.75, 3.05) is 10.6 Å². The maximum atomic E-state index is 13.6. The van der Waals surface area contributed by atoms with Crippen LogP contribution in [0.25, 0.3) is 0 Å². The zero-order chi connectivity index (χ0) is 17.1. The summed E-state index contributed by atoms with van der Waals surface area (Å²) in [5.74, 6) is -2.02. The van der Waals surface area contributed by atoms with Gasteiger partial charge < -0.3 is 10.6 Å². The highest BCUT2D eigenvalue weighted by atomic mass is 35.5. The van der Waals surface area contributed by atoms with E-state index in [2.05, 4.69) is 25.8 Å². The smallest absolute Gasteiger partial charge is 0.249 e. The van der Waals surface area contributed by atoms with E-state index in [-0.39, 0.29) is 22.5 Å². The zero-order valence-corrected chi connectivity index (χ0v) is 12.7. The lowest BCUT2D eigenvalue weighted by Crippen LogP contribution is -2.05. The van der Waals surface area contributed by atoms with Gasteiger partial charge in [0.1, 0.15) is 23.1 Å². The van der Waals surface area contributed by atoms with Crippen LogP contribution in [-0.2, 0) is 0 Å². The summed E-state index contributed by atoms with van der Waals surface area (Å²) in [5.41, 5.74) is 0.0752. The zero-order valence-electron chi connectivity index (χ0n) is 11.9. The second-order valence-electron chi connectivity index (χ2n) is 4.64. The van der Waals surface area contributed by atoms with Crippen LogP contribution in [0.15, 0.2) is 42.6 Å². The van der Waals surface area contributed by atoms with Crippen molar-refractivity contribution >= 4 is 34.7 Å². The molecule has 24 heavy (non-hydrogen) atoms. The van der Waals surface area contributed by atoms with Crippen molar-refractivity contribution < 1.29 is 13.2 Å². The molecule has 0 unspecified atom stereocenters. The number of anilines is 4. The van der Waals surface area contributed by atoms with Crippen LogP contribution in [0.4, 0.5) is 36.3 Å². The van der Waals surface area contributed by atoms with E-state index in [1.54, 1.807) is 0 Å². The summed E-state index contributed by atoms with van der Waals surface area (Å²) in [5, 5.41) is 12.5. The summed E-state index contributed by atoms with van der Waals surface area (Å²) in [6, 6.07) is 7.44. The molecule has 0 saturated heterocycles. The molecule has 0 bridgehead atoms. The maximum absolute atomic E-state index is 13.6. The first-order chi connectivity index (χ1) is 11.5. The third kappa shape index (κ3) is 3.54. The number of aromatic nitrogens is 3. The van der Waals surface area contributed by atoms with Crippen LogP contribution in [-0.4, -0.2) is 15.2 Å². The Morgan fingerprint density at radius 1 is 0.917 bits per heavy atom. The molecular formula is C15H9ClF3N5. The molecule has 0 aliphatic carbocycles. The number of halogens is 4. The van der Waals surface area contributed by atoms with E-state index in [1.807, 2.05) is 0 Å². The summed E-state index contributed by atoms with van der Waals surface area (Å²) in [6.07, 6.45) is 1.29. The van der Waals surface area contributed by atoms with E-state index < -0.39 is 17.5 Å². The minimum atomic E-state index is -0.790. The SMILES string of the molecule is Fc1ccc(Nc2cnnc(Nc3c(F)cccc3F)n2)cc1Cl. The van der Waals surface area contributed by atoms with Crippen LogP contribution >= 0.6 is 11.6 Å². The molecule has 9 heteroatoms. The van der Waals surface area contributed by atoms with Crippen molar-refractivity contribution in [3.05, 3.63) is 65.1 Å². The maximum Gasteiger partial charge on any atom is 0.249 e. The van der Waals surface area contributed by atoms with Crippen LogP contribution < -0.4 is 10.6 Å². The molecule has 0 aliphatic rings. The van der Waals surface area contributed by atoms with Gasteiger partial charge in [-0.15, -0.1) is 5.10 Å². The van der Waals surface area contributed by atoms with E-state index in [1.165, 1.54) is 30.5 Å². The van der Waals surface area contributed by atoms with E-state index in [0.29, 0.717) is 5.69 Å².